The molecule has 9 nitrogen and oxygen atoms in total. The average Bonchev–Trinajstić information content (AvgIpc) is 3.09. The zero-order valence-electron chi connectivity index (χ0n) is 28.8. The molecule has 48 heavy (non-hydrogen) atoms. The van der Waals surface area contributed by atoms with E-state index in [-0.39, 0.29) is 24.1 Å². The Balaban J connectivity index is 1.94. The maximum absolute atomic E-state index is 13.8. The van der Waals surface area contributed by atoms with Crippen LogP contribution >= 0.6 is 0 Å². The van der Waals surface area contributed by atoms with Gasteiger partial charge in [-0.3, -0.25) is 9.59 Å². The fourth-order valence-electron chi connectivity index (χ4n) is 6.29. The number of hydrogen-bond acceptors (Lipinski definition) is 7. The van der Waals surface area contributed by atoms with Crippen molar-refractivity contribution >= 4 is 36.2 Å². The molecule has 0 radical (unpaired) electrons. The van der Waals surface area contributed by atoms with Gasteiger partial charge in [0, 0.05) is 19.0 Å². The minimum Gasteiger partial charge on any atom is -0.494 e. The summed E-state index contributed by atoms with van der Waals surface area (Å²) in [5, 5.41) is 15.0. The first-order valence-electron chi connectivity index (χ1n) is 15.8. The lowest BCUT2D eigenvalue weighted by molar-refractivity contribution is -0.138. The SMILES string of the molecule is COc1ccc(CN(C(=O)CO)[C@@H](CO[Si](c2ccccc2)(c2ccccc2)C(C)(C)C)c2cccc(NC(C)=O)c2OC)cc1OC. The van der Waals surface area contributed by atoms with Gasteiger partial charge in [0.05, 0.1) is 39.7 Å². The van der Waals surface area contributed by atoms with E-state index in [1.807, 2.05) is 54.6 Å². The number of hydrogen-bond donors (Lipinski definition) is 2. The molecule has 0 saturated heterocycles. The minimum atomic E-state index is -3.07. The van der Waals surface area contributed by atoms with E-state index in [1.54, 1.807) is 37.3 Å². The van der Waals surface area contributed by atoms with Crippen LogP contribution in [0.25, 0.3) is 0 Å². The van der Waals surface area contributed by atoms with Gasteiger partial charge in [-0.1, -0.05) is 99.6 Å². The molecule has 254 valence electrons. The van der Waals surface area contributed by atoms with Crippen molar-refractivity contribution in [2.45, 2.75) is 45.3 Å². The molecular formula is C38H46N2O7Si. The number of carbonyl (C=O) groups excluding carboxylic acids is 2. The summed E-state index contributed by atoms with van der Waals surface area (Å²) in [5.41, 5.74) is 1.83. The molecule has 1 atom stereocenters. The zero-order chi connectivity index (χ0) is 34.9. The number of amides is 2. The lowest BCUT2D eigenvalue weighted by Gasteiger charge is -2.44. The van der Waals surface area contributed by atoms with Crippen molar-refractivity contribution in [3.63, 3.8) is 0 Å². The molecule has 0 saturated carbocycles. The van der Waals surface area contributed by atoms with Gasteiger partial charge in [-0.2, -0.15) is 0 Å². The van der Waals surface area contributed by atoms with Crippen molar-refractivity contribution in [2.24, 2.45) is 0 Å². The van der Waals surface area contributed by atoms with Gasteiger partial charge in [-0.15, -0.1) is 0 Å². The molecule has 0 aliphatic heterocycles. The first kappa shape index (κ1) is 36.2. The molecule has 10 heteroatoms. The Morgan fingerprint density at radius 1 is 0.812 bits per heavy atom. The smallest absolute Gasteiger partial charge is 0.261 e. The number of nitrogens with zero attached hydrogens (tertiary/aromatic N) is 1. The molecule has 2 N–H and O–H groups in total. The van der Waals surface area contributed by atoms with E-state index in [0.29, 0.717) is 28.5 Å². The van der Waals surface area contributed by atoms with Gasteiger partial charge >= 0.3 is 0 Å². The van der Waals surface area contributed by atoms with Crippen molar-refractivity contribution in [3.8, 4) is 17.2 Å². The Hall–Kier alpha value is -4.64. The second kappa shape index (κ2) is 16.0. The molecule has 0 heterocycles. The fraction of sp³-hybridized carbons (Fsp3) is 0.316. The maximum atomic E-state index is 13.8. The van der Waals surface area contributed by atoms with E-state index in [2.05, 4.69) is 50.4 Å². The summed E-state index contributed by atoms with van der Waals surface area (Å²) >= 11 is 0. The highest BCUT2D eigenvalue weighted by atomic mass is 28.4. The summed E-state index contributed by atoms with van der Waals surface area (Å²) in [7, 11) is 1.57. The first-order valence-corrected chi connectivity index (χ1v) is 17.7. The van der Waals surface area contributed by atoms with Crippen LogP contribution in [-0.4, -0.2) is 64.7 Å². The third-order valence-corrected chi connectivity index (χ3v) is 13.4. The molecule has 0 aliphatic carbocycles. The van der Waals surface area contributed by atoms with Crippen LogP contribution in [-0.2, 0) is 20.6 Å². The zero-order valence-corrected chi connectivity index (χ0v) is 29.8. The number of nitrogens with one attached hydrogen (secondary N) is 1. The quantitative estimate of drug-likeness (QED) is 0.175. The molecule has 4 aromatic rings. The van der Waals surface area contributed by atoms with E-state index in [0.717, 1.165) is 15.9 Å². The Labute approximate surface area is 284 Å². The Morgan fingerprint density at radius 3 is 1.92 bits per heavy atom. The summed E-state index contributed by atoms with van der Waals surface area (Å²) in [4.78, 5) is 27.6. The first-order chi connectivity index (χ1) is 23.0. The molecule has 0 spiro atoms. The standard InChI is InChI=1S/C38H46N2O7Si/c1-27(42)39-32-20-14-19-31(37(32)46-7)33(40(36(43)25-41)24-28-21-22-34(44-5)35(23-28)45-6)26-47-48(38(2,3)4,29-15-10-8-11-16-29)30-17-12-9-13-18-30/h8-23,33,41H,24-26H2,1-7H3,(H,39,42)/t33-/m0/s1. The van der Waals surface area contributed by atoms with Gasteiger partial charge in [0.1, 0.15) is 12.4 Å². The second-order valence-corrected chi connectivity index (χ2v) is 16.8. The number of para-hydroxylation sites is 1. The molecule has 0 aromatic heterocycles. The molecule has 0 fully saturated rings. The van der Waals surface area contributed by atoms with E-state index >= 15 is 0 Å². The average molecular weight is 671 g/mol. The third kappa shape index (κ3) is 7.73. The summed E-state index contributed by atoms with van der Waals surface area (Å²) in [6.45, 7) is 7.44. The van der Waals surface area contributed by atoms with Crippen LogP contribution in [0.15, 0.2) is 97.1 Å². The van der Waals surface area contributed by atoms with Gasteiger partial charge in [-0.05, 0) is 39.2 Å². The minimum absolute atomic E-state index is 0.0617. The van der Waals surface area contributed by atoms with E-state index in [4.69, 9.17) is 18.6 Å². The van der Waals surface area contributed by atoms with Crippen molar-refractivity contribution in [1.82, 2.24) is 4.90 Å². The fourth-order valence-corrected chi connectivity index (χ4v) is 10.8. The van der Waals surface area contributed by atoms with Crippen LogP contribution < -0.4 is 29.9 Å². The molecular weight excluding hydrogens is 625 g/mol. The van der Waals surface area contributed by atoms with Crippen molar-refractivity contribution in [1.29, 1.82) is 0 Å². The van der Waals surface area contributed by atoms with Crippen LogP contribution in [0.1, 0.15) is 44.9 Å². The van der Waals surface area contributed by atoms with E-state index in [9.17, 15) is 14.7 Å². The van der Waals surface area contributed by atoms with Crippen LogP contribution in [0, 0.1) is 0 Å². The van der Waals surface area contributed by atoms with Crippen molar-refractivity contribution < 1.29 is 33.3 Å². The summed E-state index contributed by atoms with van der Waals surface area (Å²) < 4.78 is 24.3. The molecule has 0 aliphatic rings. The van der Waals surface area contributed by atoms with Crippen LogP contribution in [0.3, 0.4) is 0 Å². The predicted octanol–water partition coefficient (Wildman–Crippen LogP) is 5.31. The number of anilines is 1. The number of carbonyl (C=O) groups is 2. The lowest BCUT2D eigenvalue weighted by Crippen LogP contribution is -2.67. The molecule has 0 bridgehead atoms. The number of aliphatic hydroxyl groups is 1. The van der Waals surface area contributed by atoms with E-state index < -0.39 is 26.9 Å². The van der Waals surface area contributed by atoms with Gasteiger partial charge in [0.25, 0.3) is 8.32 Å². The Bertz CT molecular complexity index is 1640. The molecule has 4 aromatic carbocycles. The number of methoxy groups -OCH3 is 3. The number of benzene rings is 4. The van der Waals surface area contributed by atoms with Gasteiger partial charge < -0.3 is 34.0 Å². The highest BCUT2D eigenvalue weighted by Gasteiger charge is 2.51. The summed E-state index contributed by atoms with van der Waals surface area (Å²) in [5.74, 6) is 0.688. The molecule has 2 amide bonds. The lowest BCUT2D eigenvalue weighted by atomic mass is 10.0. The topological polar surface area (TPSA) is 107 Å². The van der Waals surface area contributed by atoms with Crippen LogP contribution in [0.4, 0.5) is 5.69 Å². The van der Waals surface area contributed by atoms with Crippen molar-refractivity contribution in [3.05, 3.63) is 108 Å². The third-order valence-electron chi connectivity index (χ3n) is 8.43. The van der Waals surface area contributed by atoms with Gasteiger partial charge in [0.15, 0.2) is 11.5 Å². The van der Waals surface area contributed by atoms with Crippen LogP contribution in [0.2, 0.25) is 5.04 Å². The van der Waals surface area contributed by atoms with Crippen molar-refractivity contribution in [2.75, 3.05) is 39.9 Å². The highest BCUT2D eigenvalue weighted by Crippen LogP contribution is 2.41. The second-order valence-electron chi connectivity index (χ2n) is 12.5. The number of rotatable bonds is 14. The number of ether oxygens (including phenoxy) is 3. The Morgan fingerprint density at radius 2 is 1.42 bits per heavy atom. The van der Waals surface area contributed by atoms with Gasteiger partial charge in [0.2, 0.25) is 11.8 Å². The maximum Gasteiger partial charge on any atom is 0.261 e. The molecule has 4 rings (SSSR count). The highest BCUT2D eigenvalue weighted by molar-refractivity contribution is 6.99. The molecule has 0 unspecified atom stereocenters. The van der Waals surface area contributed by atoms with Crippen LogP contribution in [0.5, 0.6) is 17.2 Å². The summed E-state index contributed by atoms with van der Waals surface area (Å²) in [6, 6.07) is 30.6. The monoisotopic (exact) mass is 670 g/mol. The van der Waals surface area contributed by atoms with E-state index in [1.165, 1.54) is 14.0 Å². The normalized spacial score (nSPS) is 12.2. The predicted molar refractivity (Wildman–Crippen MR) is 191 cm³/mol. The summed E-state index contributed by atoms with van der Waals surface area (Å²) in [6.07, 6.45) is 0. The largest absolute Gasteiger partial charge is 0.494 e. The number of aliphatic hydroxyl groups excluding tert-OH is 1. The Kier molecular flexibility index (Phi) is 12.0. The van der Waals surface area contributed by atoms with Gasteiger partial charge in [-0.25, -0.2) is 0 Å².